The van der Waals surface area contributed by atoms with E-state index in [0.29, 0.717) is 16.4 Å². The first-order valence-electron chi connectivity index (χ1n) is 6.21. The molecule has 2 N–H and O–H groups in total. The topological polar surface area (TPSA) is 41.1 Å². The molecule has 0 spiro atoms. The number of nitrogens with one attached hydrogen (secondary N) is 2. The van der Waals surface area contributed by atoms with Crippen LogP contribution in [0.3, 0.4) is 0 Å². The van der Waals surface area contributed by atoms with Gasteiger partial charge in [-0.1, -0.05) is 29.3 Å². The van der Waals surface area contributed by atoms with E-state index in [1.54, 1.807) is 18.2 Å². The zero-order valence-corrected chi connectivity index (χ0v) is 12.7. The van der Waals surface area contributed by atoms with Crippen molar-refractivity contribution >= 4 is 40.5 Å². The summed E-state index contributed by atoms with van der Waals surface area (Å²) in [5.41, 5.74) is 1.95. The van der Waals surface area contributed by atoms with Crippen molar-refractivity contribution in [2.45, 2.75) is 6.92 Å². The Morgan fingerprint density at radius 3 is 2.62 bits per heavy atom. The molecular weight excluding hydrogens is 314 g/mol. The summed E-state index contributed by atoms with van der Waals surface area (Å²) in [6.45, 7) is 1.83. The second kappa shape index (κ2) is 6.78. The Morgan fingerprint density at radius 2 is 1.90 bits per heavy atom. The van der Waals surface area contributed by atoms with Crippen molar-refractivity contribution in [3.05, 3.63) is 57.8 Å². The number of hydrogen-bond acceptors (Lipinski definition) is 2. The van der Waals surface area contributed by atoms with Crippen LogP contribution < -0.4 is 10.6 Å². The zero-order valence-electron chi connectivity index (χ0n) is 11.2. The molecule has 1 amide bonds. The summed E-state index contributed by atoms with van der Waals surface area (Å²) in [5.74, 6) is -0.676. The fourth-order valence-corrected chi connectivity index (χ4v) is 2.15. The molecule has 0 fully saturated rings. The predicted molar refractivity (Wildman–Crippen MR) is 84.7 cm³/mol. The van der Waals surface area contributed by atoms with Crippen molar-refractivity contribution in [2.24, 2.45) is 0 Å². The molecular formula is C15H13Cl2FN2O. The summed E-state index contributed by atoms with van der Waals surface area (Å²) in [5, 5.41) is 6.41. The molecule has 6 heteroatoms. The van der Waals surface area contributed by atoms with Gasteiger partial charge in [-0.25, -0.2) is 4.39 Å². The molecule has 0 radical (unpaired) electrons. The van der Waals surface area contributed by atoms with Crippen LogP contribution in [0.2, 0.25) is 10.0 Å². The fraction of sp³-hybridized carbons (Fsp3) is 0.133. The van der Waals surface area contributed by atoms with Crippen molar-refractivity contribution in [1.29, 1.82) is 0 Å². The molecule has 0 aliphatic rings. The molecule has 2 aromatic rings. The monoisotopic (exact) mass is 326 g/mol. The Balaban J connectivity index is 1.97. The highest BCUT2D eigenvalue weighted by Crippen LogP contribution is 2.24. The number of benzene rings is 2. The Kier molecular flexibility index (Phi) is 5.04. The molecule has 0 aliphatic heterocycles. The predicted octanol–water partition coefficient (Wildman–Crippen LogP) is 4.49. The van der Waals surface area contributed by atoms with E-state index in [-0.39, 0.29) is 17.5 Å². The van der Waals surface area contributed by atoms with Gasteiger partial charge in [0, 0.05) is 10.7 Å². The molecule has 0 saturated carbocycles. The van der Waals surface area contributed by atoms with Crippen LogP contribution in [0.5, 0.6) is 0 Å². The molecule has 0 saturated heterocycles. The van der Waals surface area contributed by atoms with E-state index in [1.807, 2.05) is 6.92 Å². The van der Waals surface area contributed by atoms with E-state index in [1.165, 1.54) is 18.2 Å². The van der Waals surface area contributed by atoms with Crippen LogP contribution in [0.25, 0.3) is 0 Å². The van der Waals surface area contributed by atoms with Crippen LogP contribution in [-0.4, -0.2) is 12.5 Å². The Morgan fingerprint density at radius 1 is 1.14 bits per heavy atom. The summed E-state index contributed by atoms with van der Waals surface area (Å²) in [4.78, 5) is 11.9. The van der Waals surface area contributed by atoms with E-state index in [4.69, 9.17) is 23.2 Å². The standard InChI is InChI=1S/C15H13Cl2FN2O/c1-9-11(16)3-2-4-13(9)20-15(21)8-19-14-6-5-10(18)7-12(14)17/h2-7,19H,8H2,1H3,(H,20,21). The second-order valence-corrected chi connectivity index (χ2v) is 5.25. The minimum atomic E-state index is -0.426. The smallest absolute Gasteiger partial charge is 0.243 e. The number of carbonyl (C=O) groups is 1. The maximum absolute atomic E-state index is 12.9. The van der Waals surface area contributed by atoms with E-state index >= 15 is 0 Å². The van der Waals surface area contributed by atoms with Gasteiger partial charge in [-0.15, -0.1) is 0 Å². The quantitative estimate of drug-likeness (QED) is 0.869. The third-order valence-electron chi connectivity index (χ3n) is 2.91. The number of rotatable bonds is 4. The van der Waals surface area contributed by atoms with Crippen molar-refractivity contribution in [3.8, 4) is 0 Å². The van der Waals surface area contributed by atoms with Gasteiger partial charge in [0.05, 0.1) is 17.3 Å². The number of hydrogen-bond donors (Lipinski definition) is 2. The summed E-state index contributed by atoms with van der Waals surface area (Å²) >= 11 is 11.9. The van der Waals surface area contributed by atoms with Crippen LogP contribution in [0.4, 0.5) is 15.8 Å². The molecule has 0 atom stereocenters. The van der Waals surface area contributed by atoms with Gasteiger partial charge < -0.3 is 10.6 Å². The minimum absolute atomic E-state index is 0.0112. The van der Waals surface area contributed by atoms with Crippen molar-refractivity contribution < 1.29 is 9.18 Å². The van der Waals surface area contributed by atoms with Crippen LogP contribution >= 0.6 is 23.2 Å². The Hall–Kier alpha value is -1.78. The Bertz CT molecular complexity index is 677. The van der Waals surface area contributed by atoms with Gasteiger partial charge in [-0.2, -0.15) is 0 Å². The van der Waals surface area contributed by atoms with Gasteiger partial charge in [0.1, 0.15) is 5.82 Å². The van der Waals surface area contributed by atoms with Crippen molar-refractivity contribution in [3.63, 3.8) is 0 Å². The molecule has 0 bridgehead atoms. The summed E-state index contributed by atoms with van der Waals surface area (Å²) in [7, 11) is 0. The van der Waals surface area contributed by atoms with Gasteiger partial charge in [-0.3, -0.25) is 4.79 Å². The normalized spacial score (nSPS) is 10.3. The van der Waals surface area contributed by atoms with E-state index < -0.39 is 5.82 Å². The van der Waals surface area contributed by atoms with E-state index in [2.05, 4.69) is 10.6 Å². The molecule has 110 valence electrons. The average molecular weight is 327 g/mol. The van der Waals surface area contributed by atoms with Crippen LogP contribution in [-0.2, 0) is 4.79 Å². The first kappa shape index (κ1) is 15.6. The first-order valence-corrected chi connectivity index (χ1v) is 6.97. The lowest BCUT2D eigenvalue weighted by Crippen LogP contribution is -2.22. The van der Waals surface area contributed by atoms with Crippen molar-refractivity contribution in [2.75, 3.05) is 17.2 Å². The van der Waals surface area contributed by atoms with Crippen LogP contribution in [0.1, 0.15) is 5.56 Å². The van der Waals surface area contributed by atoms with Gasteiger partial charge in [0.25, 0.3) is 0 Å². The summed E-state index contributed by atoms with van der Waals surface area (Å²) < 4.78 is 12.9. The van der Waals surface area contributed by atoms with Crippen molar-refractivity contribution in [1.82, 2.24) is 0 Å². The van der Waals surface area contributed by atoms with Crippen LogP contribution in [0, 0.1) is 12.7 Å². The lowest BCUT2D eigenvalue weighted by molar-refractivity contribution is -0.114. The van der Waals surface area contributed by atoms with Gasteiger partial charge in [0.2, 0.25) is 5.91 Å². The molecule has 3 nitrogen and oxygen atoms in total. The number of amides is 1. The first-order chi connectivity index (χ1) is 9.97. The molecule has 21 heavy (non-hydrogen) atoms. The van der Waals surface area contributed by atoms with Crippen LogP contribution in [0.15, 0.2) is 36.4 Å². The molecule has 0 aliphatic carbocycles. The third-order valence-corrected chi connectivity index (χ3v) is 3.63. The maximum Gasteiger partial charge on any atom is 0.243 e. The zero-order chi connectivity index (χ0) is 15.4. The molecule has 0 heterocycles. The largest absolute Gasteiger partial charge is 0.375 e. The van der Waals surface area contributed by atoms with Gasteiger partial charge in [0.15, 0.2) is 0 Å². The average Bonchev–Trinajstić information content (AvgIpc) is 2.43. The minimum Gasteiger partial charge on any atom is -0.375 e. The molecule has 0 aromatic heterocycles. The number of halogens is 3. The molecule has 2 aromatic carbocycles. The lowest BCUT2D eigenvalue weighted by atomic mass is 10.2. The lowest BCUT2D eigenvalue weighted by Gasteiger charge is -2.11. The van der Waals surface area contributed by atoms with Gasteiger partial charge in [-0.05, 0) is 42.8 Å². The number of carbonyl (C=O) groups excluding carboxylic acids is 1. The molecule has 0 unspecified atom stereocenters. The third kappa shape index (κ3) is 4.09. The van der Waals surface area contributed by atoms with E-state index in [9.17, 15) is 9.18 Å². The number of anilines is 2. The summed E-state index contributed by atoms with van der Waals surface area (Å²) in [6.07, 6.45) is 0. The van der Waals surface area contributed by atoms with E-state index in [0.717, 1.165) is 5.56 Å². The Labute approximate surface area is 132 Å². The highest BCUT2D eigenvalue weighted by atomic mass is 35.5. The molecule has 2 rings (SSSR count). The fourth-order valence-electron chi connectivity index (χ4n) is 1.75. The highest BCUT2D eigenvalue weighted by molar-refractivity contribution is 6.33. The maximum atomic E-state index is 12.9. The SMILES string of the molecule is Cc1c(Cl)cccc1NC(=O)CNc1ccc(F)cc1Cl. The second-order valence-electron chi connectivity index (χ2n) is 4.44. The summed E-state index contributed by atoms with van der Waals surface area (Å²) in [6, 6.07) is 9.22. The highest BCUT2D eigenvalue weighted by Gasteiger charge is 2.08. The van der Waals surface area contributed by atoms with Gasteiger partial charge >= 0.3 is 0 Å².